The minimum atomic E-state index is -3.00. The molecule has 86 valence electrons. The van der Waals surface area contributed by atoms with E-state index in [-0.39, 0.29) is 23.5 Å². The van der Waals surface area contributed by atoms with Crippen LogP contribution < -0.4 is 5.73 Å². The summed E-state index contributed by atoms with van der Waals surface area (Å²) in [6.45, 7) is 4.33. The molecule has 0 fully saturated rings. The van der Waals surface area contributed by atoms with Gasteiger partial charge in [-0.05, 0) is 12.3 Å². The highest BCUT2D eigenvalue weighted by Crippen LogP contribution is 2.04. The van der Waals surface area contributed by atoms with Crippen LogP contribution in [0.2, 0.25) is 0 Å². The quantitative estimate of drug-likeness (QED) is 0.635. The summed E-state index contributed by atoms with van der Waals surface area (Å²) in [5.41, 5.74) is 5.70. The zero-order valence-electron chi connectivity index (χ0n) is 9.19. The van der Waals surface area contributed by atoms with Crippen LogP contribution in [0, 0.1) is 5.92 Å². The summed E-state index contributed by atoms with van der Waals surface area (Å²) in [4.78, 5) is 0. The van der Waals surface area contributed by atoms with E-state index < -0.39 is 9.84 Å². The van der Waals surface area contributed by atoms with Gasteiger partial charge in [0.2, 0.25) is 0 Å². The van der Waals surface area contributed by atoms with Gasteiger partial charge in [0.05, 0.1) is 11.5 Å². The van der Waals surface area contributed by atoms with Crippen LogP contribution in [0.3, 0.4) is 0 Å². The molecule has 14 heavy (non-hydrogen) atoms. The Morgan fingerprint density at radius 2 is 1.93 bits per heavy atom. The SMILES string of the molecule is COCCCS(=O)(=O)CC(N)C(C)C. The first kappa shape index (κ1) is 13.9. The Morgan fingerprint density at radius 3 is 2.36 bits per heavy atom. The third kappa shape index (κ3) is 6.34. The Balaban J connectivity index is 3.95. The molecule has 0 aromatic heterocycles. The summed E-state index contributed by atoms with van der Waals surface area (Å²) in [5, 5.41) is 0. The highest BCUT2D eigenvalue weighted by atomic mass is 32.2. The van der Waals surface area contributed by atoms with Crippen LogP contribution in [0.5, 0.6) is 0 Å². The van der Waals surface area contributed by atoms with Crippen molar-refractivity contribution >= 4 is 9.84 Å². The van der Waals surface area contributed by atoms with Crippen LogP contribution in [0.1, 0.15) is 20.3 Å². The highest BCUT2D eigenvalue weighted by Gasteiger charge is 2.18. The molecule has 0 aliphatic carbocycles. The van der Waals surface area contributed by atoms with Gasteiger partial charge in [-0.15, -0.1) is 0 Å². The van der Waals surface area contributed by atoms with Gasteiger partial charge in [0.25, 0.3) is 0 Å². The monoisotopic (exact) mass is 223 g/mol. The molecule has 5 heteroatoms. The second-order valence-corrected chi connectivity index (χ2v) is 6.10. The zero-order valence-corrected chi connectivity index (χ0v) is 10.0. The molecule has 0 bridgehead atoms. The molecule has 0 saturated carbocycles. The number of hydrogen-bond donors (Lipinski definition) is 1. The molecule has 0 radical (unpaired) electrons. The molecule has 1 unspecified atom stereocenters. The molecule has 0 spiro atoms. The summed E-state index contributed by atoms with van der Waals surface area (Å²) in [6, 6.07) is -0.262. The van der Waals surface area contributed by atoms with Gasteiger partial charge >= 0.3 is 0 Å². The molecule has 0 aliphatic rings. The number of methoxy groups -OCH3 is 1. The van der Waals surface area contributed by atoms with E-state index in [9.17, 15) is 8.42 Å². The normalized spacial score (nSPS) is 14.6. The largest absolute Gasteiger partial charge is 0.385 e. The third-order valence-electron chi connectivity index (χ3n) is 2.11. The second kappa shape index (κ2) is 6.37. The maximum absolute atomic E-state index is 11.5. The number of ether oxygens (including phenoxy) is 1. The maximum atomic E-state index is 11.5. The van der Waals surface area contributed by atoms with Crippen molar-refractivity contribution in [2.75, 3.05) is 25.2 Å². The molecule has 0 heterocycles. The standard InChI is InChI=1S/C9H21NO3S/c1-8(2)9(10)7-14(11,12)6-4-5-13-3/h8-9H,4-7,10H2,1-3H3. The van der Waals surface area contributed by atoms with Crippen molar-refractivity contribution in [2.45, 2.75) is 26.3 Å². The molecule has 0 saturated heterocycles. The fourth-order valence-corrected chi connectivity index (χ4v) is 2.69. The van der Waals surface area contributed by atoms with E-state index in [1.165, 1.54) is 0 Å². The third-order valence-corrected chi connectivity index (χ3v) is 3.91. The second-order valence-electron chi connectivity index (χ2n) is 3.87. The molecule has 0 aromatic carbocycles. The Hall–Kier alpha value is -0.130. The van der Waals surface area contributed by atoms with E-state index >= 15 is 0 Å². The highest BCUT2D eigenvalue weighted by molar-refractivity contribution is 7.91. The smallest absolute Gasteiger partial charge is 0.151 e. The first-order chi connectivity index (χ1) is 6.39. The summed E-state index contributed by atoms with van der Waals surface area (Å²) in [7, 11) is -1.44. The van der Waals surface area contributed by atoms with Gasteiger partial charge in [0.1, 0.15) is 0 Å². The Kier molecular flexibility index (Phi) is 6.31. The van der Waals surface area contributed by atoms with E-state index in [0.717, 1.165) is 0 Å². The maximum Gasteiger partial charge on any atom is 0.151 e. The molecule has 2 N–H and O–H groups in total. The Bertz CT molecular complexity index is 236. The van der Waals surface area contributed by atoms with Gasteiger partial charge in [-0.1, -0.05) is 13.8 Å². The summed E-state index contributed by atoms with van der Waals surface area (Å²) in [5.74, 6) is 0.447. The topological polar surface area (TPSA) is 69.4 Å². The van der Waals surface area contributed by atoms with Crippen molar-refractivity contribution in [2.24, 2.45) is 11.7 Å². The van der Waals surface area contributed by atoms with Crippen LogP contribution in [-0.4, -0.2) is 39.7 Å². The number of sulfone groups is 1. The van der Waals surface area contributed by atoms with Gasteiger partial charge in [-0.25, -0.2) is 8.42 Å². The minimum Gasteiger partial charge on any atom is -0.385 e. The van der Waals surface area contributed by atoms with Crippen molar-refractivity contribution in [3.8, 4) is 0 Å². The minimum absolute atomic E-state index is 0.0778. The fourth-order valence-electron chi connectivity index (χ4n) is 0.992. The summed E-state index contributed by atoms with van der Waals surface area (Å²) >= 11 is 0. The lowest BCUT2D eigenvalue weighted by Gasteiger charge is -2.15. The van der Waals surface area contributed by atoms with Crippen molar-refractivity contribution in [3.63, 3.8) is 0 Å². The molecule has 0 rings (SSSR count). The van der Waals surface area contributed by atoms with Crippen LogP contribution in [0.4, 0.5) is 0 Å². The first-order valence-corrected chi connectivity index (χ1v) is 6.66. The van der Waals surface area contributed by atoms with Crippen LogP contribution in [-0.2, 0) is 14.6 Å². The van der Waals surface area contributed by atoms with Gasteiger partial charge in [0, 0.05) is 19.8 Å². The average Bonchev–Trinajstić information content (AvgIpc) is 2.03. The lowest BCUT2D eigenvalue weighted by molar-refractivity contribution is 0.199. The van der Waals surface area contributed by atoms with Gasteiger partial charge in [-0.2, -0.15) is 0 Å². The van der Waals surface area contributed by atoms with E-state index in [2.05, 4.69) is 0 Å². The molecule has 0 aliphatic heterocycles. The number of hydrogen-bond acceptors (Lipinski definition) is 4. The van der Waals surface area contributed by atoms with Gasteiger partial charge < -0.3 is 10.5 Å². The lowest BCUT2D eigenvalue weighted by atomic mass is 10.1. The van der Waals surface area contributed by atoms with Crippen LogP contribution in [0.15, 0.2) is 0 Å². The summed E-state index contributed by atoms with van der Waals surface area (Å²) in [6.07, 6.45) is 0.545. The molecule has 0 aromatic rings. The van der Waals surface area contributed by atoms with Crippen molar-refractivity contribution in [3.05, 3.63) is 0 Å². The van der Waals surface area contributed by atoms with Crippen molar-refractivity contribution < 1.29 is 13.2 Å². The predicted molar refractivity (Wildman–Crippen MR) is 58.0 cm³/mol. The van der Waals surface area contributed by atoms with E-state index in [1.54, 1.807) is 7.11 Å². The molecule has 4 nitrogen and oxygen atoms in total. The van der Waals surface area contributed by atoms with E-state index in [1.807, 2.05) is 13.8 Å². The Labute approximate surface area is 86.7 Å². The number of nitrogens with two attached hydrogens (primary N) is 1. The predicted octanol–water partition coefficient (Wildman–Crippen LogP) is 0.421. The van der Waals surface area contributed by atoms with Gasteiger partial charge in [-0.3, -0.25) is 0 Å². The molecular weight excluding hydrogens is 202 g/mol. The first-order valence-electron chi connectivity index (χ1n) is 4.84. The number of rotatable bonds is 7. The lowest BCUT2D eigenvalue weighted by Crippen LogP contribution is -2.35. The average molecular weight is 223 g/mol. The zero-order chi connectivity index (χ0) is 11.2. The Morgan fingerprint density at radius 1 is 1.36 bits per heavy atom. The van der Waals surface area contributed by atoms with Crippen molar-refractivity contribution in [1.82, 2.24) is 0 Å². The van der Waals surface area contributed by atoms with E-state index in [4.69, 9.17) is 10.5 Å². The van der Waals surface area contributed by atoms with Crippen molar-refractivity contribution in [1.29, 1.82) is 0 Å². The summed E-state index contributed by atoms with van der Waals surface area (Å²) < 4.78 is 27.8. The molecular formula is C9H21NO3S. The molecule has 1 atom stereocenters. The van der Waals surface area contributed by atoms with Gasteiger partial charge in [0.15, 0.2) is 9.84 Å². The van der Waals surface area contributed by atoms with Crippen LogP contribution >= 0.6 is 0 Å². The fraction of sp³-hybridized carbons (Fsp3) is 1.00. The molecule has 0 amide bonds. The van der Waals surface area contributed by atoms with E-state index in [0.29, 0.717) is 13.0 Å². The van der Waals surface area contributed by atoms with Crippen LogP contribution in [0.25, 0.3) is 0 Å².